The first-order chi connectivity index (χ1) is 7.60. The minimum absolute atomic E-state index is 0.0250. The number of carbonyl (C=O) groups is 2. The van der Waals surface area contributed by atoms with Gasteiger partial charge in [0.05, 0.1) is 16.2 Å². The zero-order valence-electron chi connectivity index (χ0n) is 8.53. The maximum Gasteiger partial charge on any atom is 0.163 e. The van der Waals surface area contributed by atoms with E-state index >= 15 is 0 Å². The fourth-order valence-electron chi connectivity index (χ4n) is 1.13. The Hall–Kier alpha value is -1.92. The van der Waals surface area contributed by atoms with Crippen LogP contribution < -0.4 is 0 Å². The Balaban J connectivity index is 3.31. The highest BCUT2D eigenvalue weighted by Gasteiger charge is 2.07. The number of allylic oxidation sites excluding steroid dienone is 1. The molecule has 3 nitrogen and oxygen atoms in total. The second-order valence-electron chi connectivity index (χ2n) is 3.09. The summed E-state index contributed by atoms with van der Waals surface area (Å²) in [5.74, 6) is -0.339. The number of hydrogen-bond donors (Lipinski definition) is 0. The van der Waals surface area contributed by atoms with Crippen molar-refractivity contribution < 1.29 is 9.59 Å². The van der Waals surface area contributed by atoms with Crippen LogP contribution in [0.1, 0.15) is 18.1 Å². The first kappa shape index (κ1) is 12.2. The Bertz CT molecular complexity index is 512. The molecule has 80 valence electrons. The topological polar surface area (TPSA) is 57.9 Å². The average molecular weight is 234 g/mol. The van der Waals surface area contributed by atoms with Crippen LogP contribution in [0.3, 0.4) is 0 Å². The maximum atomic E-state index is 11.0. The Labute approximate surface area is 98.0 Å². The molecule has 0 unspecified atom stereocenters. The summed E-state index contributed by atoms with van der Waals surface area (Å²) in [6, 6.07) is 6.76. The van der Waals surface area contributed by atoms with Crippen LogP contribution in [0.25, 0.3) is 6.08 Å². The number of benzene rings is 1. The molecule has 1 rings (SSSR count). The average Bonchev–Trinajstić information content (AvgIpc) is 2.27. The molecule has 0 bridgehead atoms. The zero-order valence-corrected chi connectivity index (χ0v) is 9.28. The number of carbonyl (C=O) groups excluding carboxylic acids is 2. The summed E-state index contributed by atoms with van der Waals surface area (Å²) in [7, 11) is 0. The quantitative estimate of drug-likeness (QED) is 0.349. The van der Waals surface area contributed by atoms with Gasteiger partial charge in [-0.05, 0) is 24.6 Å². The van der Waals surface area contributed by atoms with Crippen LogP contribution in [0.15, 0.2) is 23.8 Å². The third kappa shape index (κ3) is 2.56. The van der Waals surface area contributed by atoms with Crippen molar-refractivity contribution in [3.8, 4) is 6.07 Å². The summed E-state index contributed by atoms with van der Waals surface area (Å²) in [6.07, 6.45) is 1.84. The second-order valence-corrected chi connectivity index (χ2v) is 3.47. The lowest BCUT2D eigenvalue weighted by Crippen LogP contribution is -1.97. The number of hydrogen-bond acceptors (Lipinski definition) is 3. The van der Waals surface area contributed by atoms with Crippen LogP contribution in [-0.4, -0.2) is 12.1 Å². The van der Waals surface area contributed by atoms with Gasteiger partial charge in [0.2, 0.25) is 0 Å². The molecule has 1 aromatic rings. The number of nitriles is 1. The predicted octanol–water partition coefficient (Wildman–Crippen LogP) is 2.38. The van der Waals surface area contributed by atoms with Gasteiger partial charge in [-0.1, -0.05) is 23.7 Å². The summed E-state index contributed by atoms with van der Waals surface area (Å²) < 4.78 is 0. The highest BCUT2D eigenvalue weighted by atomic mass is 35.5. The van der Waals surface area contributed by atoms with Crippen LogP contribution in [0.4, 0.5) is 0 Å². The van der Waals surface area contributed by atoms with Gasteiger partial charge < -0.3 is 0 Å². The molecule has 0 N–H and O–H groups in total. The molecule has 0 aromatic heterocycles. The molecule has 0 aliphatic heterocycles. The van der Waals surface area contributed by atoms with Crippen molar-refractivity contribution in [2.24, 2.45) is 0 Å². The molecule has 0 aliphatic carbocycles. The smallest absolute Gasteiger partial charge is 0.163 e. The monoisotopic (exact) mass is 233 g/mol. The molecule has 16 heavy (non-hydrogen) atoms. The van der Waals surface area contributed by atoms with E-state index in [1.54, 1.807) is 18.2 Å². The van der Waals surface area contributed by atoms with E-state index < -0.39 is 0 Å². The largest absolute Gasteiger partial charge is 0.298 e. The van der Waals surface area contributed by atoms with E-state index in [1.807, 2.05) is 6.07 Å². The van der Waals surface area contributed by atoms with E-state index in [-0.39, 0.29) is 16.4 Å². The molecule has 0 fully saturated rings. The van der Waals surface area contributed by atoms with Gasteiger partial charge in [0.15, 0.2) is 12.1 Å². The molecule has 0 radical (unpaired) electrons. The Morgan fingerprint density at radius 2 is 2.19 bits per heavy atom. The highest BCUT2D eigenvalue weighted by molar-refractivity contribution is 6.33. The normalized spacial score (nSPS) is 10.7. The molecule has 0 saturated heterocycles. The Morgan fingerprint density at radius 1 is 1.50 bits per heavy atom. The van der Waals surface area contributed by atoms with Gasteiger partial charge in [-0.25, -0.2) is 0 Å². The standard InChI is InChI=1S/C12H8ClNO2/c1-8(16)11(7-15)5-9-3-2-4-10(6-14)12(9)13/h2-5,7H,1H3/b11-5+. The summed E-state index contributed by atoms with van der Waals surface area (Å²) in [5.41, 5.74) is 0.819. The van der Waals surface area contributed by atoms with Gasteiger partial charge in [0, 0.05) is 0 Å². The SMILES string of the molecule is CC(=O)/C(C=O)=C/c1cccc(C#N)c1Cl. The highest BCUT2D eigenvalue weighted by Crippen LogP contribution is 2.22. The summed E-state index contributed by atoms with van der Waals surface area (Å²) >= 11 is 5.92. The zero-order chi connectivity index (χ0) is 12.1. The van der Waals surface area contributed by atoms with Gasteiger partial charge in [-0.15, -0.1) is 0 Å². The summed E-state index contributed by atoms with van der Waals surface area (Å²) in [4.78, 5) is 21.7. The Kier molecular flexibility index (Phi) is 3.98. The maximum absolute atomic E-state index is 11.0. The van der Waals surface area contributed by atoms with Crippen LogP contribution in [0.5, 0.6) is 0 Å². The van der Waals surface area contributed by atoms with Gasteiger partial charge >= 0.3 is 0 Å². The fraction of sp³-hybridized carbons (Fsp3) is 0.0833. The molecular formula is C12H8ClNO2. The second kappa shape index (κ2) is 5.24. The minimum Gasteiger partial charge on any atom is -0.298 e. The van der Waals surface area contributed by atoms with E-state index in [9.17, 15) is 9.59 Å². The van der Waals surface area contributed by atoms with Crippen LogP contribution >= 0.6 is 11.6 Å². The van der Waals surface area contributed by atoms with Gasteiger partial charge in [0.1, 0.15) is 6.07 Å². The third-order valence-corrected chi connectivity index (χ3v) is 2.42. The van der Waals surface area contributed by atoms with Gasteiger partial charge in [0.25, 0.3) is 0 Å². The van der Waals surface area contributed by atoms with E-state index in [1.165, 1.54) is 13.0 Å². The van der Waals surface area contributed by atoms with Crippen molar-refractivity contribution in [3.63, 3.8) is 0 Å². The minimum atomic E-state index is -0.339. The first-order valence-electron chi connectivity index (χ1n) is 4.46. The molecule has 0 atom stereocenters. The lowest BCUT2D eigenvalue weighted by Gasteiger charge is -2.00. The van der Waals surface area contributed by atoms with Gasteiger partial charge in [-0.3, -0.25) is 9.59 Å². The van der Waals surface area contributed by atoms with Crippen molar-refractivity contribution in [2.75, 3.05) is 0 Å². The van der Waals surface area contributed by atoms with E-state index in [0.29, 0.717) is 17.4 Å². The van der Waals surface area contributed by atoms with Crippen LogP contribution in [0, 0.1) is 11.3 Å². The van der Waals surface area contributed by atoms with Crippen molar-refractivity contribution in [2.45, 2.75) is 6.92 Å². The lowest BCUT2D eigenvalue weighted by atomic mass is 10.1. The van der Waals surface area contributed by atoms with Crippen molar-refractivity contribution in [3.05, 3.63) is 39.9 Å². The van der Waals surface area contributed by atoms with Gasteiger partial charge in [-0.2, -0.15) is 5.26 Å². The lowest BCUT2D eigenvalue weighted by molar-refractivity contribution is -0.115. The van der Waals surface area contributed by atoms with E-state index in [4.69, 9.17) is 16.9 Å². The number of aldehydes is 1. The first-order valence-corrected chi connectivity index (χ1v) is 4.84. The molecular weight excluding hydrogens is 226 g/mol. The van der Waals surface area contributed by atoms with Crippen molar-refractivity contribution in [1.29, 1.82) is 5.26 Å². The predicted molar refractivity (Wildman–Crippen MR) is 60.9 cm³/mol. The molecule has 0 amide bonds. The fourth-order valence-corrected chi connectivity index (χ4v) is 1.36. The molecule has 0 spiro atoms. The number of Topliss-reactive ketones (excluding diaryl/α,β-unsaturated/α-hetero) is 1. The molecule has 0 aliphatic rings. The van der Waals surface area contributed by atoms with Crippen molar-refractivity contribution >= 4 is 29.7 Å². The van der Waals surface area contributed by atoms with E-state index in [0.717, 1.165) is 0 Å². The molecule has 0 heterocycles. The third-order valence-electron chi connectivity index (χ3n) is 1.99. The van der Waals surface area contributed by atoms with Crippen molar-refractivity contribution in [1.82, 2.24) is 0 Å². The molecule has 0 saturated carbocycles. The summed E-state index contributed by atoms with van der Waals surface area (Å²) in [6.45, 7) is 1.29. The number of halogens is 1. The van der Waals surface area contributed by atoms with Crippen LogP contribution in [0.2, 0.25) is 5.02 Å². The number of ketones is 1. The van der Waals surface area contributed by atoms with E-state index in [2.05, 4.69) is 0 Å². The number of rotatable bonds is 3. The molecule has 1 aromatic carbocycles. The summed E-state index contributed by atoms with van der Waals surface area (Å²) in [5, 5.41) is 8.99. The van der Waals surface area contributed by atoms with Crippen LogP contribution in [-0.2, 0) is 9.59 Å². The number of nitrogens with zero attached hydrogens (tertiary/aromatic N) is 1. The molecule has 4 heteroatoms. The Morgan fingerprint density at radius 3 is 2.69 bits per heavy atom.